The van der Waals surface area contributed by atoms with Crippen molar-refractivity contribution in [2.45, 2.75) is 26.8 Å². The lowest BCUT2D eigenvalue weighted by molar-refractivity contribution is -0.385. The van der Waals surface area contributed by atoms with E-state index in [-0.39, 0.29) is 11.3 Å². The van der Waals surface area contributed by atoms with E-state index in [1.54, 1.807) is 6.07 Å². The number of amides is 2. The van der Waals surface area contributed by atoms with Crippen LogP contribution in [0.1, 0.15) is 30.6 Å². The number of carbonyl (C=O) groups is 2. The molecule has 0 bridgehead atoms. The zero-order chi connectivity index (χ0) is 23.0. The van der Waals surface area contributed by atoms with Crippen LogP contribution in [0.15, 0.2) is 41.3 Å². The average Bonchev–Trinajstić information content (AvgIpc) is 2.73. The van der Waals surface area contributed by atoms with Crippen molar-refractivity contribution >= 4 is 17.5 Å². The maximum Gasteiger partial charge on any atom is 0.285 e. The zero-order valence-corrected chi connectivity index (χ0v) is 17.4. The minimum absolute atomic E-state index is 0.209. The second-order valence-electron chi connectivity index (χ2n) is 7.01. The predicted octanol–water partition coefficient (Wildman–Crippen LogP) is 1.65. The van der Waals surface area contributed by atoms with Gasteiger partial charge in [-0.25, -0.2) is 0 Å². The number of rotatable bonds is 9. The molecule has 1 aromatic heterocycles. The molecule has 1 aromatic carbocycles. The second-order valence-corrected chi connectivity index (χ2v) is 7.01. The van der Waals surface area contributed by atoms with Crippen LogP contribution in [0.4, 0.5) is 5.69 Å². The molecule has 0 saturated heterocycles. The molecule has 0 unspecified atom stereocenters. The molecule has 2 amide bonds. The highest BCUT2D eigenvalue weighted by Crippen LogP contribution is 2.28. The number of hydrogen-bond acceptors (Lipinski definition) is 7. The minimum atomic E-state index is -0.739. The van der Waals surface area contributed by atoms with Crippen molar-refractivity contribution < 1.29 is 24.0 Å². The topological polar surface area (TPSA) is 142 Å². The SMILES string of the molecule is COc1cc(C(=O)NNC(=O)Cn2cc([N+](=O)[O-])ccc2=O)ccc1OCCC(C)C. The summed E-state index contributed by atoms with van der Waals surface area (Å²) in [5.74, 6) is -0.0134. The quantitative estimate of drug-likeness (QED) is 0.453. The molecule has 0 radical (unpaired) electrons. The lowest BCUT2D eigenvalue weighted by atomic mass is 10.1. The molecule has 31 heavy (non-hydrogen) atoms. The first-order valence-electron chi connectivity index (χ1n) is 9.46. The molecular formula is C20H24N4O7. The van der Waals surface area contributed by atoms with Crippen LogP contribution < -0.4 is 25.9 Å². The van der Waals surface area contributed by atoms with Crippen molar-refractivity contribution in [3.8, 4) is 11.5 Å². The summed E-state index contributed by atoms with van der Waals surface area (Å²) < 4.78 is 11.8. The highest BCUT2D eigenvalue weighted by molar-refractivity contribution is 5.96. The zero-order valence-electron chi connectivity index (χ0n) is 17.4. The third kappa shape index (κ3) is 6.84. The van der Waals surface area contributed by atoms with E-state index in [1.807, 2.05) is 0 Å². The van der Waals surface area contributed by atoms with Crippen molar-refractivity contribution in [2.75, 3.05) is 13.7 Å². The van der Waals surface area contributed by atoms with Gasteiger partial charge >= 0.3 is 0 Å². The fourth-order valence-electron chi connectivity index (χ4n) is 2.48. The Bertz CT molecular complexity index is 1020. The summed E-state index contributed by atoms with van der Waals surface area (Å²) in [5.41, 5.74) is 3.67. The summed E-state index contributed by atoms with van der Waals surface area (Å²) in [6, 6.07) is 6.61. The Morgan fingerprint density at radius 2 is 1.90 bits per heavy atom. The lowest BCUT2D eigenvalue weighted by Gasteiger charge is -2.13. The van der Waals surface area contributed by atoms with Crippen molar-refractivity contribution in [1.82, 2.24) is 15.4 Å². The molecule has 0 spiro atoms. The first-order valence-corrected chi connectivity index (χ1v) is 9.46. The van der Waals surface area contributed by atoms with E-state index < -0.39 is 28.8 Å². The first-order chi connectivity index (χ1) is 14.7. The van der Waals surface area contributed by atoms with Crippen LogP contribution in [0.3, 0.4) is 0 Å². The molecule has 0 saturated carbocycles. The van der Waals surface area contributed by atoms with Crippen molar-refractivity contribution in [1.29, 1.82) is 0 Å². The Morgan fingerprint density at radius 1 is 1.16 bits per heavy atom. The molecule has 1 heterocycles. The van der Waals surface area contributed by atoms with Crippen LogP contribution in [-0.2, 0) is 11.3 Å². The van der Waals surface area contributed by atoms with Crippen molar-refractivity contribution in [3.63, 3.8) is 0 Å². The van der Waals surface area contributed by atoms with Crippen LogP contribution in [0.25, 0.3) is 0 Å². The number of hydrogen-bond donors (Lipinski definition) is 2. The van der Waals surface area contributed by atoms with Crippen LogP contribution in [0.2, 0.25) is 0 Å². The normalized spacial score (nSPS) is 10.5. The first kappa shape index (κ1) is 23.4. The number of ether oxygens (including phenoxy) is 2. The summed E-state index contributed by atoms with van der Waals surface area (Å²) in [4.78, 5) is 46.2. The van der Waals surface area contributed by atoms with E-state index in [0.29, 0.717) is 24.0 Å². The Hall–Kier alpha value is -3.89. The monoisotopic (exact) mass is 432 g/mol. The molecule has 0 aliphatic carbocycles. The molecule has 2 N–H and O–H groups in total. The predicted molar refractivity (Wildman–Crippen MR) is 111 cm³/mol. The van der Waals surface area contributed by atoms with Gasteiger partial charge in [0.25, 0.3) is 23.1 Å². The number of aromatic nitrogens is 1. The van der Waals surface area contributed by atoms with Gasteiger partial charge < -0.3 is 9.47 Å². The maximum absolute atomic E-state index is 12.3. The van der Waals surface area contributed by atoms with Gasteiger partial charge in [0.15, 0.2) is 11.5 Å². The van der Waals surface area contributed by atoms with E-state index in [4.69, 9.17) is 9.47 Å². The van der Waals surface area contributed by atoms with Crippen molar-refractivity contribution in [3.05, 3.63) is 62.6 Å². The summed E-state index contributed by atoms with van der Waals surface area (Å²) >= 11 is 0. The van der Waals surface area contributed by atoms with E-state index in [0.717, 1.165) is 29.3 Å². The van der Waals surface area contributed by atoms with Gasteiger partial charge in [0.1, 0.15) is 6.54 Å². The fraction of sp³-hybridized carbons (Fsp3) is 0.350. The summed E-state index contributed by atoms with van der Waals surface area (Å²) in [6.07, 6.45) is 1.82. The van der Waals surface area contributed by atoms with Gasteiger partial charge in [0, 0.05) is 17.7 Å². The third-order valence-electron chi connectivity index (χ3n) is 4.19. The Morgan fingerprint density at radius 3 is 2.55 bits per heavy atom. The largest absolute Gasteiger partial charge is 0.493 e. The summed E-state index contributed by atoms with van der Waals surface area (Å²) in [5, 5.41) is 10.8. The number of nitro groups is 1. The molecule has 2 aromatic rings. The molecular weight excluding hydrogens is 408 g/mol. The molecule has 11 nitrogen and oxygen atoms in total. The number of benzene rings is 1. The van der Waals surface area contributed by atoms with Gasteiger partial charge in [-0.15, -0.1) is 0 Å². The standard InChI is InChI=1S/C20H24N4O7/c1-13(2)8-9-31-16-6-4-14(10-17(16)30-3)20(27)22-21-18(25)12-23-11-15(24(28)29)5-7-19(23)26/h4-7,10-11,13H,8-9,12H2,1-3H3,(H,21,25)(H,22,27). The fourth-order valence-corrected chi connectivity index (χ4v) is 2.48. The number of nitrogens with zero attached hydrogens (tertiary/aromatic N) is 2. The summed E-state index contributed by atoms with van der Waals surface area (Å²) in [6.45, 7) is 4.16. The van der Waals surface area contributed by atoms with Gasteiger partial charge in [0.2, 0.25) is 0 Å². The highest BCUT2D eigenvalue weighted by atomic mass is 16.6. The van der Waals surface area contributed by atoms with Crippen LogP contribution in [-0.4, -0.2) is 35.0 Å². The van der Waals surface area contributed by atoms with Gasteiger partial charge in [-0.05, 0) is 30.5 Å². The molecule has 166 valence electrons. The molecule has 11 heteroatoms. The number of methoxy groups -OCH3 is 1. The van der Waals surface area contributed by atoms with Crippen LogP contribution >= 0.6 is 0 Å². The molecule has 2 rings (SSSR count). The number of nitrogens with one attached hydrogen (secondary N) is 2. The van der Waals surface area contributed by atoms with Gasteiger partial charge in [0.05, 0.1) is 24.8 Å². The number of pyridine rings is 1. The second kappa shape index (κ2) is 10.8. The average molecular weight is 432 g/mol. The molecule has 0 aliphatic heterocycles. The Balaban J connectivity index is 1.97. The summed E-state index contributed by atoms with van der Waals surface area (Å²) in [7, 11) is 1.45. The lowest BCUT2D eigenvalue weighted by Crippen LogP contribution is -2.44. The smallest absolute Gasteiger partial charge is 0.285 e. The minimum Gasteiger partial charge on any atom is -0.493 e. The van der Waals surface area contributed by atoms with Crippen LogP contribution in [0.5, 0.6) is 11.5 Å². The Kier molecular flexibility index (Phi) is 8.12. The van der Waals surface area contributed by atoms with Gasteiger partial charge in [-0.1, -0.05) is 13.8 Å². The van der Waals surface area contributed by atoms with Crippen LogP contribution in [0, 0.1) is 16.0 Å². The number of carbonyl (C=O) groups excluding carboxylic acids is 2. The highest BCUT2D eigenvalue weighted by Gasteiger charge is 2.14. The Labute approximate surface area is 178 Å². The maximum atomic E-state index is 12.3. The van der Waals surface area contributed by atoms with Gasteiger partial charge in [-0.3, -0.25) is 39.9 Å². The van der Waals surface area contributed by atoms with Crippen molar-refractivity contribution in [2.24, 2.45) is 5.92 Å². The van der Waals surface area contributed by atoms with Gasteiger partial charge in [-0.2, -0.15) is 0 Å². The molecule has 0 atom stereocenters. The van der Waals surface area contributed by atoms with E-state index in [2.05, 4.69) is 24.7 Å². The third-order valence-corrected chi connectivity index (χ3v) is 4.19. The van der Waals surface area contributed by atoms with E-state index >= 15 is 0 Å². The molecule has 0 fully saturated rings. The van der Waals surface area contributed by atoms with E-state index in [9.17, 15) is 24.5 Å². The molecule has 0 aliphatic rings. The van der Waals surface area contributed by atoms with E-state index in [1.165, 1.54) is 19.2 Å². The number of hydrazine groups is 1.